The molecule has 0 amide bonds. The van der Waals surface area contributed by atoms with E-state index in [1.165, 1.54) is 32.7 Å². The van der Waals surface area contributed by atoms with Gasteiger partial charge < -0.3 is 9.80 Å². The fraction of sp³-hybridized carbons (Fsp3) is 0.174. The molecule has 0 aliphatic heterocycles. The van der Waals surface area contributed by atoms with E-state index in [1.54, 1.807) is 0 Å². The molecule has 0 atom stereocenters. The van der Waals surface area contributed by atoms with E-state index in [0.29, 0.717) is 0 Å². The lowest BCUT2D eigenvalue weighted by atomic mass is 9.80. The summed E-state index contributed by atoms with van der Waals surface area (Å²) >= 11 is 0. The van der Waals surface area contributed by atoms with Crippen molar-refractivity contribution in [3.8, 4) is 0 Å². The van der Waals surface area contributed by atoms with E-state index in [2.05, 4.69) is 208 Å². The third kappa shape index (κ3) is 5.95. The number of anilines is 5. The highest BCUT2D eigenvalue weighted by molar-refractivity contribution is 5.92. The molecule has 0 N–H and O–H groups in total. The van der Waals surface area contributed by atoms with Crippen LogP contribution in [0, 0.1) is 0 Å². The average Bonchev–Trinajstić information content (AvgIpc) is 3.13. The molecule has 0 fully saturated rings. The Kier molecular flexibility index (Phi) is 8.27. The summed E-state index contributed by atoms with van der Waals surface area (Å²) in [5.74, 6) is 0. The van der Waals surface area contributed by atoms with Crippen molar-refractivity contribution >= 4 is 50.0 Å². The van der Waals surface area contributed by atoms with E-state index < -0.39 is 0 Å². The van der Waals surface area contributed by atoms with Crippen molar-refractivity contribution in [2.45, 2.75) is 52.0 Å². The summed E-state index contributed by atoms with van der Waals surface area (Å²) in [4.78, 5) is 4.84. The van der Waals surface area contributed by atoms with Gasteiger partial charge in [-0.2, -0.15) is 0 Å². The number of benzene rings is 7. The third-order valence-corrected chi connectivity index (χ3v) is 10.2. The molecule has 2 heteroatoms. The van der Waals surface area contributed by atoms with E-state index in [-0.39, 0.29) is 11.0 Å². The summed E-state index contributed by atoms with van der Waals surface area (Å²) in [7, 11) is 0. The maximum atomic E-state index is 2.47. The first kappa shape index (κ1) is 31.3. The van der Waals surface area contributed by atoms with Crippen molar-refractivity contribution in [2.75, 3.05) is 9.80 Å². The molecule has 238 valence electrons. The maximum absolute atomic E-state index is 2.47. The van der Waals surface area contributed by atoms with Gasteiger partial charge in [-0.15, -0.1) is 0 Å². The van der Waals surface area contributed by atoms with Crippen LogP contribution in [0.1, 0.15) is 52.2 Å². The molecule has 7 rings (SSSR count). The number of hydrogen-bond donors (Lipinski definition) is 0. The lowest BCUT2D eigenvalue weighted by Crippen LogP contribution is -2.38. The van der Waals surface area contributed by atoms with Crippen LogP contribution in [0.25, 0.3) is 21.5 Å². The second-order valence-corrected chi connectivity index (χ2v) is 14.0. The standard InChI is InChI=1S/C46H44N2/c1-6-45(2,3)38-22-24-39(25-23-38)46(4,5)48(41-18-8-7-9-19-41)42-30-28-40(29-31-42)47(43-26-20-34-14-10-12-16-36(34)32-43)44-27-21-35-15-11-13-17-37(35)33-44/h7-33H,6H2,1-5H3. The highest BCUT2D eigenvalue weighted by Crippen LogP contribution is 2.43. The average molecular weight is 625 g/mol. The zero-order valence-corrected chi connectivity index (χ0v) is 28.7. The van der Waals surface area contributed by atoms with Crippen LogP contribution in [-0.4, -0.2) is 0 Å². The Hall–Kier alpha value is -5.34. The predicted molar refractivity (Wildman–Crippen MR) is 208 cm³/mol. The largest absolute Gasteiger partial charge is 0.332 e. The molecule has 0 aromatic heterocycles. The van der Waals surface area contributed by atoms with Gasteiger partial charge in [0.25, 0.3) is 0 Å². The summed E-state index contributed by atoms with van der Waals surface area (Å²) in [6.07, 6.45) is 1.10. The highest BCUT2D eigenvalue weighted by atomic mass is 15.2. The van der Waals surface area contributed by atoms with Crippen LogP contribution in [0.2, 0.25) is 0 Å². The molecule has 0 saturated heterocycles. The molecule has 0 heterocycles. The molecule has 48 heavy (non-hydrogen) atoms. The van der Waals surface area contributed by atoms with Gasteiger partial charge in [0.1, 0.15) is 0 Å². The van der Waals surface area contributed by atoms with E-state index in [1.807, 2.05) is 0 Å². The van der Waals surface area contributed by atoms with Crippen molar-refractivity contribution in [3.63, 3.8) is 0 Å². The lowest BCUT2D eigenvalue weighted by Gasteiger charge is -2.41. The van der Waals surface area contributed by atoms with E-state index in [9.17, 15) is 0 Å². The number of para-hydroxylation sites is 1. The van der Waals surface area contributed by atoms with Crippen LogP contribution >= 0.6 is 0 Å². The van der Waals surface area contributed by atoms with Gasteiger partial charge in [0, 0.05) is 28.4 Å². The molecule has 7 aromatic carbocycles. The monoisotopic (exact) mass is 624 g/mol. The fourth-order valence-corrected chi connectivity index (χ4v) is 6.86. The topological polar surface area (TPSA) is 6.48 Å². The lowest BCUT2D eigenvalue weighted by molar-refractivity contribution is 0.503. The van der Waals surface area contributed by atoms with Gasteiger partial charge >= 0.3 is 0 Å². The molecular formula is C46H44N2. The van der Waals surface area contributed by atoms with Gasteiger partial charge in [-0.1, -0.05) is 124 Å². The van der Waals surface area contributed by atoms with Crippen LogP contribution in [0.4, 0.5) is 28.4 Å². The quantitative estimate of drug-likeness (QED) is 0.158. The first-order valence-corrected chi connectivity index (χ1v) is 17.1. The molecule has 0 aliphatic carbocycles. The fourth-order valence-electron chi connectivity index (χ4n) is 6.86. The Balaban J connectivity index is 1.32. The molecule has 0 radical (unpaired) electrons. The summed E-state index contributed by atoms with van der Waals surface area (Å²) in [5, 5.41) is 4.93. The number of rotatable bonds is 9. The molecule has 0 saturated carbocycles. The zero-order chi connectivity index (χ0) is 33.3. The van der Waals surface area contributed by atoms with Crippen LogP contribution < -0.4 is 9.80 Å². The van der Waals surface area contributed by atoms with Gasteiger partial charge in [-0.05, 0) is 119 Å². The van der Waals surface area contributed by atoms with Gasteiger partial charge in [-0.25, -0.2) is 0 Å². The molecular weight excluding hydrogens is 581 g/mol. The molecule has 0 unspecified atom stereocenters. The van der Waals surface area contributed by atoms with Crippen LogP contribution in [0.5, 0.6) is 0 Å². The van der Waals surface area contributed by atoms with E-state index >= 15 is 0 Å². The van der Waals surface area contributed by atoms with Gasteiger partial charge in [0.05, 0.1) is 5.54 Å². The van der Waals surface area contributed by atoms with Crippen LogP contribution in [0.15, 0.2) is 164 Å². The second-order valence-electron chi connectivity index (χ2n) is 14.0. The summed E-state index contributed by atoms with van der Waals surface area (Å²) in [5.41, 5.74) is 8.18. The second kappa shape index (κ2) is 12.7. The zero-order valence-electron chi connectivity index (χ0n) is 28.7. The molecule has 0 spiro atoms. The summed E-state index contributed by atoms with van der Waals surface area (Å²) < 4.78 is 0. The summed E-state index contributed by atoms with van der Waals surface area (Å²) in [6.45, 7) is 11.6. The normalized spacial score (nSPS) is 11.9. The third-order valence-electron chi connectivity index (χ3n) is 10.2. The molecule has 0 aliphatic rings. The van der Waals surface area contributed by atoms with Crippen molar-refractivity contribution in [2.24, 2.45) is 0 Å². The smallest absolute Gasteiger partial charge is 0.0646 e. The number of nitrogens with zero attached hydrogens (tertiary/aromatic N) is 2. The van der Waals surface area contributed by atoms with Gasteiger partial charge in [0.15, 0.2) is 0 Å². The molecule has 2 nitrogen and oxygen atoms in total. The van der Waals surface area contributed by atoms with Crippen LogP contribution in [-0.2, 0) is 11.0 Å². The van der Waals surface area contributed by atoms with Gasteiger partial charge in [0.2, 0.25) is 0 Å². The summed E-state index contributed by atoms with van der Waals surface area (Å²) in [6, 6.07) is 59.7. The SMILES string of the molecule is CCC(C)(C)c1ccc(C(C)(C)N(c2ccccc2)c2ccc(N(c3ccc4ccccc4c3)c3ccc4ccccc4c3)cc2)cc1. The van der Waals surface area contributed by atoms with Crippen molar-refractivity contribution in [1.29, 1.82) is 0 Å². The van der Waals surface area contributed by atoms with Crippen molar-refractivity contribution in [3.05, 3.63) is 175 Å². The minimum Gasteiger partial charge on any atom is -0.332 e. The van der Waals surface area contributed by atoms with Crippen molar-refractivity contribution < 1.29 is 0 Å². The Bertz CT molecular complexity index is 2080. The Morgan fingerprint density at radius 2 is 0.812 bits per heavy atom. The molecule has 0 bridgehead atoms. The number of hydrogen-bond acceptors (Lipinski definition) is 2. The van der Waals surface area contributed by atoms with E-state index in [4.69, 9.17) is 0 Å². The minimum atomic E-state index is -0.311. The predicted octanol–water partition coefficient (Wildman–Crippen LogP) is 13.2. The van der Waals surface area contributed by atoms with Crippen molar-refractivity contribution in [1.82, 2.24) is 0 Å². The number of fused-ring (bicyclic) bond motifs is 2. The Morgan fingerprint density at radius 3 is 1.33 bits per heavy atom. The van der Waals surface area contributed by atoms with Gasteiger partial charge in [-0.3, -0.25) is 0 Å². The van der Waals surface area contributed by atoms with E-state index in [0.717, 1.165) is 34.9 Å². The highest BCUT2D eigenvalue weighted by Gasteiger charge is 2.31. The minimum absolute atomic E-state index is 0.152. The Morgan fingerprint density at radius 1 is 0.396 bits per heavy atom. The maximum Gasteiger partial charge on any atom is 0.0646 e. The van der Waals surface area contributed by atoms with Crippen LogP contribution in [0.3, 0.4) is 0 Å². The first-order valence-electron chi connectivity index (χ1n) is 17.1. The Labute approximate surface area is 285 Å². The molecule has 7 aromatic rings. The first-order chi connectivity index (χ1) is 23.2.